The number of nitro groups is 2. The highest BCUT2D eigenvalue weighted by atomic mass is 35.5. The Hall–Kier alpha value is -4.12. The van der Waals surface area contributed by atoms with Gasteiger partial charge in [0.2, 0.25) is 0 Å². The van der Waals surface area contributed by atoms with E-state index >= 15 is 0 Å². The lowest BCUT2D eigenvalue weighted by molar-refractivity contribution is -0.385. The summed E-state index contributed by atoms with van der Waals surface area (Å²) in [5.41, 5.74) is 4.04. The molecule has 0 spiro atoms. The number of aromatic nitrogens is 1. The third kappa shape index (κ3) is 7.35. The van der Waals surface area contributed by atoms with Gasteiger partial charge in [-0.3, -0.25) is 30.1 Å². The Bertz CT molecular complexity index is 1450. The molecule has 1 aliphatic rings. The van der Waals surface area contributed by atoms with Crippen LogP contribution in [0, 0.1) is 20.2 Å². The van der Waals surface area contributed by atoms with Crippen LogP contribution in [-0.2, 0) is 13.1 Å². The third-order valence-electron chi connectivity index (χ3n) is 7.59. The molecule has 5 rings (SSSR count). The standard InChI is InChI=1S/C30H31ClN6O4/c31-24-5-10-28-29(11-14-32-30(28)19-24)33-15-18-34-16-12-25(13-17-34)35(20-22-1-6-26(7-2-22)36(38)39)21-23-3-8-27(9-4-23)37(40)41/h1-11,14,19,25H,12-13,15-18,20-21H2,(H,32,33). The van der Waals surface area contributed by atoms with Crippen molar-refractivity contribution in [3.8, 4) is 0 Å². The largest absolute Gasteiger partial charge is 0.383 e. The number of piperidine rings is 1. The van der Waals surface area contributed by atoms with E-state index in [1.165, 1.54) is 24.3 Å². The summed E-state index contributed by atoms with van der Waals surface area (Å²) >= 11 is 6.12. The van der Waals surface area contributed by atoms with E-state index < -0.39 is 9.85 Å². The summed E-state index contributed by atoms with van der Waals surface area (Å²) < 4.78 is 0. The van der Waals surface area contributed by atoms with Crippen LogP contribution in [-0.4, -0.2) is 56.9 Å². The number of hydrogen-bond donors (Lipinski definition) is 1. The van der Waals surface area contributed by atoms with E-state index in [2.05, 4.69) is 20.1 Å². The monoisotopic (exact) mass is 574 g/mol. The van der Waals surface area contributed by atoms with Crippen molar-refractivity contribution in [3.05, 3.63) is 115 Å². The van der Waals surface area contributed by atoms with Crippen molar-refractivity contribution < 1.29 is 9.85 Å². The number of hydrogen-bond acceptors (Lipinski definition) is 8. The van der Waals surface area contributed by atoms with Crippen LogP contribution in [0.5, 0.6) is 0 Å². The number of fused-ring (bicyclic) bond motifs is 1. The molecule has 1 aliphatic heterocycles. The van der Waals surface area contributed by atoms with E-state index in [1.807, 2.05) is 24.3 Å². The maximum Gasteiger partial charge on any atom is 0.269 e. The molecular formula is C30H31ClN6O4. The van der Waals surface area contributed by atoms with Crippen molar-refractivity contribution in [2.24, 2.45) is 0 Å². The predicted octanol–water partition coefficient (Wildman–Crippen LogP) is 6.28. The zero-order valence-corrected chi connectivity index (χ0v) is 23.2. The summed E-state index contributed by atoms with van der Waals surface area (Å²) in [5.74, 6) is 0. The molecular weight excluding hydrogens is 544 g/mol. The van der Waals surface area contributed by atoms with Crippen LogP contribution in [0.2, 0.25) is 5.02 Å². The lowest BCUT2D eigenvalue weighted by Gasteiger charge is -2.39. The minimum atomic E-state index is -0.393. The zero-order chi connectivity index (χ0) is 28.8. The summed E-state index contributed by atoms with van der Waals surface area (Å²) in [6.07, 6.45) is 3.75. The molecule has 10 nitrogen and oxygen atoms in total. The Morgan fingerprint density at radius 1 is 0.878 bits per heavy atom. The van der Waals surface area contributed by atoms with Gasteiger partial charge in [0.25, 0.3) is 11.4 Å². The Balaban J connectivity index is 1.20. The molecule has 1 saturated heterocycles. The fourth-order valence-corrected chi connectivity index (χ4v) is 5.53. The van der Waals surface area contributed by atoms with Crippen LogP contribution in [0.1, 0.15) is 24.0 Å². The normalized spacial score (nSPS) is 14.4. The van der Waals surface area contributed by atoms with Crippen LogP contribution >= 0.6 is 11.6 Å². The van der Waals surface area contributed by atoms with Gasteiger partial charge < -0.3 is 10.2 Å². The maximum atomic E-state index is 11.1. The number of nitrogens with zero attached hydrogens (tertiary/aromatic N) is 5. The van der Waals surface area contributed by atoms with Gasteiger partial charge in [0.05, 0.1) is 15.4 Å². The van der Waals surface area contributed by atoms with Gasteiger partial charge in [-0.1, -0.05) is 35.9 Å². The molecule has 0 saturated carbocycles. The topological polar surface area (TPSA) is 118 Å². The van der Waals surface area contributed by atoms with E-state index in [1.54, 1.807) is 30.5 Å². The van der Waals surface area contributed by atoms with Gasteiger partial charge in [-0.15, -0.1) is 0 Å². The lowest BCUT2D eigenvalue weighted by atomic mass is 10.0. The van der Waals surface area contributed by atoms with E-state index in [9.17, 15) is 20.2 Å². The average molecular weight is 575 g/mol. The third-order valence-corrected chi connectivity index (χ3v) is 7.82. The summed E-state index contributed by atoms with van der Waals surface area (Å²) in [6, 6.07) is 21.4. The van der Waals surface area contributed by atoms with Gasteiger partial charge in [0, 0.05) is 78.8 Å². The predicted molar refractivity (Wildman–Crippen MR) is 160 cm³/mol. The highest BCUT2D eigenvalue weighted by Crippen LogP contribution is 2.26. The molecule has 3 aromatic carbocycles. The summed E-state index contributed by atoms with van der Waals surface area (Å²) in [5, 5.41) is 27.4. The molecule has 4 aromatic rings. The molecule has 1 aromatic heterocycles. The number of non-ortho nitro benzene ring substituents is 2. The van der Waals surface area contributed by atoms with Crippen LogP contribution < -0.4 is 5.32 Å². The van der Waals surface area contributed by atoms with Crippen molar-refractivity contribution in [1.29, 1.82) is 0 Å². The molecule has 212 valence electrons. The van der Waals surface area contributed by atoms with E-state index in [0.717, 1.165) is 66.7 Å². The highest BCUT2D eigenvalue weighted by Gasteiger charge is 2.25. The molecule has 0 amide bonds. The fourth-order valence-electron chi connectivity index (χ4n) is 5.36. The van der Waals surface area contributed by atoms with Gasteiger partial charge in [-0.05, 0) is 61.3 Å². The molecule has 0 atom stereocenters. The van der Waals surface area contributed by atoms with Crippen LogP contribution in [0.15, 0.2) is 79.0 Å². The first-order valence-electron chi connectivity index (χ1n) is 13.6. The maximum absolute atomic E-state index is 11.1. The molecule has 1 N–H and O–H groups in total. The van der Waals surface area contributed by atoms with Crippen molar-refractivity contribution in [2.75, 3.05) is 31.5 Å². The number of nitro benzene ring substituents is 2. The number of anilines is 1. The first-order chi connectivity index (χ1) is 19.9. The number of benzene rings is 3. The second-order valence-electron chi connectivity index (χ2n) is 10.3. The molecule has 1 fully saturated rings. The summed E-state index contributed by atoms with van der Waals surface area (Å²) in [6.45, 7) is 4.91. The number of pyridine rings is 1. The van der Waals surface area contributed by atoms with Crippen LogP contribution in [0.25, 0.3) is 10.9 Å². The van der Waals surface area contributed by atoms with E-state index in [-0.39, 0.29) is 11.4 Å². The number of halogens is 1. The number of rotatable bonds is 11. The molecule has 0 aliphatic carbocycles. The number of likely N-dealkylation sites (tertiary alicyclic amines) is 1. The van der Waals surface area contributed by atoms with Gasteiger partial charge >= 0.3 is 0 Å². The van der Waals surface area contributed by atoms with Crippen molar-refractivity contribution in [1.82, 2.24) is 14.8 Å². The zero-order valence-electron chi connectivity index (χ0n) is 22.5. The molecule has 41 heavy (non-hydrogen) atoms. The number of nitrogens with one attached hydrogen (secondary N) is 1. The Morgan fingerprint density at radius 3 is 2.02 bits per heavy atom. The second-order valence-corrected chi connectivity index (χ2v) is 10.7. The SMILES string of the molecule is O=[N+]([O-])c1ccc(CN(Cc2ccc([N+](=O)[O-])cc2)C2CCN(CCNc3ccnc4cc(Cl)ccc34)CC2)cc1. The van der Waals surface area contributed by atoms with Crippen molar-refractivity contribution in [3.63, 3.8) is 0 Å². The molecule has 0 bridgehead atoms. The van der Waals surface area contributed by atoms with Crippen LogP contribution in [0.4, 0.5) is 17.1 Å². The molecule has 0 radical (unpaired) electrons. The van der Waals surface area contributed by atoms with Crippen molar-refractivity contribution >= 4 is 39.6 Å². The fraction of sp³-hybridized carbons (Fsp3) is 0.300. The molecule has 2 heterocycles. The Kier molecular flexibility index (Phi) is 9.03. The van der Waals surface area contributed by atoms with Gasteiger partial charge in [-0.2, -0.15) is 0 Å². The minimum Gasteiger partial charge on any atom is -0.383 e. The van der Waals surface area contributed by atoms with Crippen LogP contribution in [0.3, 0.4) is 0 Å². The highest BCUT2D eigenvalue weighted by molar-refractivity contribution is 6.31. The van der Waals surface area contributed by atoms with E-state index in [0.29, 0.717) is 24.2 Å². The second kappa shape index (κ2) is 13.0. The molecule has 11 heteroatoms. The Morgan fingerprint density at radius 2 is 1.46 bits per heavy atom. The van der Waals surface area contributed by atoms with Gasteiger partial charge in [-0.25, -0.2) is 0 Å². The van der Waals surface area contributed by atoms with E-state index in [4.69, 9.17) is 11.6 Å². The summed E-state index contributed by atoms with van der Waals surface area (Å²) in [4.78, 5) is 30.6. The Labute approximate surface area is 242 Å². The molecule has 0 unspecified atom stereocenters. The smallest absolute Gasteiger partial charge is 0.269 e. The average Bonchev–Trinajstić information content (AvgIpc) is 2.97. The quantitative estimate of drug-likeness (QED) is 0.164. The van der Waals surface area contributed by atoms with Gasteiger partial charge in [0.15, 0.2) is 0 Å². The lowest BCUT2D eigenvalue weighted by Crippen LogP contribution is -2.45. The van der Waals surface area contributed by atoms with Crippen molar-refractivity contribution in [2.45, 2.75) is 32.0 Å². The first kappa shape index (κ1) is 28.4. The first-order valence-corrected chi connectivity index (χ1v) is 13.9. The minimum absolute atomic E-state index is 0.0705. The van der Waals surface area contributed by atoms with Gasteiger partial charge in [0.1, 0.15) is 0 Å². The summed E-state index contributed by atoms with van der Waals surface area (Å²) in [7, 11) is 0.